The lowest BCUT2D eigenvalue weighted by molar-refractivity contribution is -0.119. The van der Waals surface area contributed by atoms with Crippen molar-refractivity contribution >= 4 is 27.8 Å². The fourth-order valence-corrected chi connectivity index (χ4v) is 4.40. The lowest BCUT2D eigenvalue weighted by Crippen LogP contribution is -2.40. The van der Waals surface area contributed by atoms with Crippen molar-refractivity contribution in [2.24, 2.45) is 5.10 Å². The van der Waals surface area contributed by atoms with Gasteiger partial charge in [0.1, 0.15) is 12.3 Å². The quantitative estimate of drug-likeness (QED) is 0.437. The third-order valence-electron chi connectivity index (χ3n) is 4.61. The Balaban J connectivity index is 1.87. The van der Waals surface area contributed by atoms with Crippen molar-refractivity contribution in [3.8, 4) is 5.75 Å². The Labute approximate surface area is 181 Å². The average Bonchev–Trinajstić information content (AvgIpc) is 2.74. The van der Waals surface area contributed by atoms with Gasteiger partial charge in [-0.2, -0.15) is 5.10 Å². The Kier molecular flexibility index (Phi) is 6.71. The number of phenolic OH excluding ortho intramolecular Hbond substituents is 1. The Bertz CT molecular complexity index is 1210. The number of nitrogens with one attached hydrogen (secondary N) is 1. The van der Waals surface area contributed by atoms with Gasteiger partial charge in [-0.25, -0.2) is 13.8 Å². The van der Waals surface area contributed by atoms with Gasteiger partial charge in [-0.3, -0.25) is 9.10 Å². The first-order valence-corrected chi connectivity index (χ1v) is 11.0. The molecule has 1 amide bonds. The molecule has 0 radical (unpaired) electrons. The molecule has 31 heavy (non-hydrogen) atoms. The third-order valence-corrected chi connectivity index (χ3v) is 6.38. The van der Waals surface area contributed by atoms with Crippen LogP contribution in [0, 0.1) is 13.8 Å². The summed E-state index contributed by atoms with van der Waals surface area (Å²) in [6.45, 7) is 3.19. The number of hydrazone groups is 1. The van der Waals surface area contributed by atoms with Crippen LogP contribution >= 0.6 is 0 Å². The number of phenols is 1. The maximum atomic E-state index is 13.3. The van der Waals surface area contributed by atoms with Crippen molar-refractivity contribution in [3.63, 3.8) is 0 Å². The van der Waals surface area contributed by atoms with Crippen molar-refractivity contribution in [1.82, 2.24) is 5.43 Å². The Hall–Kier alpha value is -3.65. The van der Waals surface area contributed by atoms with Gasteiger partial charge in [0.2, 0.25) is 0 Å². The van der Waals surface area contributed by atoms with Crippen molar-refractivity contribution in [3.05, 3.63) is 89.5 Å². The zero-order valence-corrected chi connectivity index (χ0v) is 18.0. The van der Waals surface area contributed by atoms with Crippen LogP contribution in [-0.2, 0) is 14.8 Å². The van der Waals surface area contributed by atoms with E-state index in [-0.39, 0.29) is 10.6 Å². The standard InChI is InChI=1S/C23H23N3O4S/c1-17-11-13-20(14-12-17)31(29,30)26(21-9-5-3-7-18(21)2)16-23(28)25-24-15-19-8-4-6-10-22(19)27/h3-15,27H,16H2,1-2H3,(H,25,28)/b24-15-. The van der Waals surface area contributed by atoms with E-state index in [1.807, 2.05) is 6.92 Å². The van der Waals surface area contributed by atoms with Crippen LogP contribution in [0.4, 0.5) is 5.69 Å². The maximum absolute atomic E-state index is 13.3. The highest BCUT2D eigenvalue weighted by molar-refractivity contribution is 7.92. The number of anilines is 1. The molecule has 160 valence electrons. The first-order chi connectivity index (χ1) is 14.8. The monoisotopic (exact) mass is 437 g/mol. The van der Waals surface area contributed by atoms with Gasteiger partial charge in [-0.1, -0.05) is 48.0 Å². The summed E-state index contributed by atoms with van der Waals surface area (Å²) < 4.78 is 27.8. The molecule has 3 aromatic carbocycles. The Morgan fingerprint density at radius 2 is 1.65 bits per heavy atom. The largest absolute Gasteiger partial charge is 0.507 e. The van der Waals surface area contributed by atoms with E-state index in [0.29, 0.717) is 16.8 Å². The topological polar surface area (TPSA) is 99.1 Å². The minimum atomic E-state index is -3.99. The summed E-state index contributed by atoms with van der Waals surface area (Å²) in [7, 11) is -3.99. The van der Waals surface area contributed by atoms with Crippen LogP contribution in [0.3, 0.4) is 0 Å². The second-order valence-electron chi connectivity index (χ2n) is 6.96. The number of rotatable bonds is 7. The van der Waals surface area contributed by atoms with Crippen LogP contribution in [-0.4, -0.2) is 32.2 Å². The summed E-state index contributed by atoms with van der Waals surface area (Å²) in [6, 6.07) is 19.9. The first kappa shape index (κ1) is 22.0. The summed E-state index contributed by atoms with van der Waals surface area (Å²) in [5, 5.41) is 13.6. The number of para-hydroxylation sites is 2. The highest BCUT2D eigenvalue weighted by atomic mass is 32.2. The van der Waals surface area contributed by atoms with Gasteiger partial charge in [0.25, 0.3) is 15.9 Å². The number of carbonyl (C=O) groups is 1. The van der Waals surface area contributed by atoms with Crippen molar-refractivity contribution in [2.75, 3.05) is 10.8 Å². The molecule has 0 aliphatic heterocycles. The highest BCUT2D eigenvalue weighted by Gasteiger charge is 2.28. The SMILES string of the molecule is Cc1ccc(S(=O)(=O)N(CC(=O)N/N=C\c2ccccc2O)c2ccccc2C)cc1. The normalized spacial score (nSPS) is 11.4. The van der Waals surface area contributed by atoms with Crippen LogP contribution in [0.15, 0.2) is 82.8 Å². The number of nitrogens with zero attached hydrogens (tertiary/aromatic N) is 2. The van der Waals surface area contributed by atoms with Gasteiger partial charge in [0.15, 0.2) is 0 Å². The number of carbonyl (C=O) groups excluding carboxylic acids is 1. The van der Waals surface area contributed by atoms with Gasteiger partial charge in [0.05, 0.1) is 16.8 Å². The molecule has 3 aromatic rings. The van der Waals surface area contributed by atoms with Crippen LogP contribution in [0.2, 0.25) is 0 Å². The Morgan fingerprint density at radius 3 is 2.32 bits per heavy atom. The highest BCUT2D eigenvalue weighted by Crippen LogP contribution is 2.26. The molecule has 7 nitrogen and oxygen atoms in total. The van der Waals surface area contributed by atoms with E-state index in [9.17, 15) is 18.3 Å². The molecule has 2 N–H and O–H groups in total. The number of hydrogen-bond acceptors (Lipinski definition) is 5. The molecular weight excluding hydrogens is 414 g/mol. The van der Waals surface area contributed by atoms with E-state index in [2.05, 4.69) is 10.5 Å². The number of amides is 1. The molecular formula is C23H23N3O4S. The number of hydrogen-bond donors (Lipinski definition) is 2. The molecule has 0 aromatic heterocycles. The first-order valence-electron chi connectivity index (χ1n) is 9.54. The van der Waals surface area contributed by atoms with E-state index in [0.717, 1.165) is 9.87 Å². The van der Waals surface area contributed by atoms with E-state index in [4.69, 9.17) is 0 Å². The van der Waals surface area contributed by atoms with E-state index in [1.165, 1.54) is 24.4 Å². The zero-order valence-electron chi connectivity index (χ0n) is 17.2. The van der Waals surface area contributed by atoms with E-state index < -0.39 is 22.5 Å². The summed E-state index contributed by atoms with van der Waals surface area (Å²) in [5.41, 5.74) is 4.79. The number of aromatic hydroxyl groups is 1. The fourth-order valence-electron chi connectivity index (χ4n) is 2.92. The summed E-state index contributed by atoms with van der Waals surface area (Å²) in [5.74, 6) is -0.602. The minimum absolute atomic E-state index is 0.0176. The van der Waals surface area contributed by atoms with Crippen molar-refractivity contribution in [1.29, 1.82) is 0 Å². The smallest absolute Gasteiger partial charge is 0.264 e. The van der Waals surface area contributed by atoms with Crippen molar-refractivity contribution < 1.29 is 18.3 Å². The van der Waals surface area contributed by atoms with Crippen LogP contribution in [0.1, 0.15) is 16.7 Å². The van der Waals surface area contributed by atoms with E-state index >= 15 is 0 Å². The lowest BCUT2D eigenvalue weighted by atomic mass is 10.2. The molecule has 0 heterocycles. The second-order valence-corrected chi connectivity index (χ2v) is 8.83. The summed E-state index contributed by atoms with van der Waals surface area (Å²) >= 11 is 0. The number of benzene rings is 3. The minimum Gasteiger partial charge on any atom is -0.507 e. The molecule has 0 unspecified atom stereocenters. The lowest BCUT2D eigenvalue weighted by Gasteiger charge is -2.25. The molecule has 3 rings (SSSR count). The molecule has 0 saturated heterocycles. The molecule has 0 aliphatic carbocycles. The van der Waals surface area contributed by atoms with Gasteiger partial charge >= 0.3 is 0 Å². The molecule has 0 atom stereocenters. The Morgan fingerprint density at radius 1 is 1.00 bits per heavy atom. The van der Waals surface area contributed by atoms with Crippen LogP contribution in [0.5, 0.6) is 5.75 Å². The molecule has 0 spiro atoms. The molecule has 8 heteroatoms. The molecule has 0 fully saturated rings. The zero-order chi connectivity index (χ0) is 22.4. The van der Waals surface area contributed by atoms with Gasteiger partial charge in [-0.15, -0.1) is 0 Å². The summed E-state index contributed by atoms with van der Waals surface area (Å²) in [6.07, 6.45) is 1.29. The predicted molar refractivity (Wildman–Crippen MR) is 121 cm³/mol. The molecule has 0 aliphatic rings. The van der Waals surface area contributed by atoms with Crippen LogP contribution in [0.25, 0.3) is 0 Å². The second kappa shape index (κ2) is 9.44. The van der Waals surface area contributed by atoms with Gasteiger partial charge in [-0.05, 0) is 49.7 Å². The summed E-state index contributed by atoms with van der Waals surface area (Å²) in [4.78, 5) is 12.6. The maximum Gasteiger partial charge on any atom is 0.264 e. The number of aryl methyl sites for hydroxylation is 2. The average molecular weight is 438 g/mol. The predicted octanol–water partition coefficient (Wildman–Crippen LogP) is 3.35. The fraction of sp³-hybridized carbons (Fsp3) is 0.130. The number of sulfonamides is 1. The van der Waals surface area contributed by atoms with E-state index in [1.54, 1.807) is 61.5 Å². The molecule has 0 bridgehead atoms. The third kappa shape index (κ3) is 5.29. The van der Waals surface area contributed by atoms with Crippen LogP contribution < -0.4 is 9.73 Å². The van der Waals surface area contributed by atoms with Gasteiger partial charge in [0, 0.05) is 5.56 Å². The van der Waals surface area contributed by atoms with Gasteiger partial charge < -0.3 is 5.11 Å². The molecule has 0 saturated carbocycles. The van der Waals surface area contributed by atoms with Crippen molar-refractivity contribution in [2.45, 2.75) is 18.7 Å².